The van der Waals surface area contributed by atoms with Crippen LogP contribution in [0.5, 0.6) is 0 Å². The van der Waals surface area contributed by atoms with Crippen molar-refractivity contribution in [3.8, 4) is 0 Å². The molecule has 0 aliphatic carbocycles. The quantitative estimate of drug-likeness (QED) is 0.918. The largest absolute Gasteiger partial charge is 0.393 e. The van der Waals surface area contributed by atoms with Gasteiger partial charge >= 0.3 is 0 Å². The van der Waals surface area contributed by atoms with Crippen LogP contribution in [-0.2, 0) is 10.0 Å². The molecule has 2 atom stereocenters. The first-order valence-corrected chi connectivity index (χ1v) is 8.12. The van der Waals surface area contributed by atoms with Crippen molar-refractivity contribution >= 4 is 10.0 Å². The summed E-state index contributed by atoms with van der Waals surface area (Å²) in [6.45, 7) is 4.19. The van der Waals surface area contributed by atoms with Crippen LogP contribution in [0.4, 0.5) is 0 Å². The van der Waals surface area contributed by atoms with E-state index in [0.29, 0.717) is 17.9 Å². The Morgan fingerprint density at radius 1 is 1.37 bits per heavy atom. The Morgan fingerprint density at radius 3 is 2.58 bits per heavy atom. The highest BCUT2D eigenvalue weighted by molar-refractivity contribution is 7.89. The highest BCUT2D eigenvalue weighted by Crippen LogP contribution is 2.28. The average molecular weight is 283 g/mol. The zero-order valence-corrected chi connectivity index (χ0v) is 12.2. The van der Waals surface area contributed by atoms with Gasteiger partial charge in [-0.3, -0.25) is 0 Å². The van der Waals surface area contributed by atoms with Crippen molar-refractivity contribution in [2.45, 2.75) is 50.2 Å². The Labute approximate surface area is 115 Å². The molecule has 1 aromatic rings. The lowest BCUT2D eigenvalue weighted by atomic mass is 10.1. The molecular weight excluding hydrogens is 262 g/mol. The summed E-state index contributed by atoms with van der Waals surface area (Å²) in [4.78, 5) is 0.343. The van der Waals surface area contributed by atoms with E-state index >= 15 is 0 Å². The monoisotopic (exact) mass is 283 g/mol. The fourth-order valence-electron chi connectivity index (χ4n) is 2.60. The summed E-state index contributed by atoms with van der Waals surface area (Å²) in [5.41, 5.74) is 1.04. The van der Waals surface area contributed by atoms with Crippen LogP contribution in [0, 0.1) is 6.92 Å². The SMILES string of the molecule is Cc1ccc(S(=O)(=O)N2CCC[C@H]2C[C@@H](C)O)cc1. The van der Waals surface area contributed by atoms with E-state index in [9.17, 15) is 13.5 Å². The lowest BCUT2D eigenvalue weighted by Gasteiger charge is -2.25. The van der Waals surface area contributed by atoms with Gasteiger partial charge in [0, 0.05) is 12.6 Å². The lowest BCUT2D eigenvalue weighted by Crippen LogP contribution is -2.37. The minimum atomic E-state index is -3.43. The lowest BCUT2D eigenvalue weighted by molar-refractivity contribution is 0.158. The Hall–Kier alpha value is -0.910. The minimum absolute atomic E-state index is 0.0775. The zero-order valence-electron chi connectivity index (χ0n) is 11.4. The number of hydrogen-bond acceptors (Lipinski definition) is 3. The summed E-state index contributed by atoms with van der Waals surface area (Å²) in [5, 5.41) is 9.48. The first-order chi connectivity index (χ1) is 8.91. The summed E-state index contributed by atoms with van der Waals surface area (Å²) in [7, 11) is -3.43. The van der Waals surface area contributed by atoms with E-state index in [0.717, 1.165) is 18.4 Å². The predicted octanol–water partition coefficient (Wildman–Crippen LogP) is 1.92. The number of sulfonamides is 1. The summed E-state index contributed by atoms with van der Waals surface area (Å²) in [6.07, 6.45) is 1.72. The fourth-order valence-corrected chi connectivity index (χ4v) is 4.30. The molecule has 0 saturated carbocycles. The normalized spacial score (nSPS) is 22.6. The van der Waals surface area contributed by atoms with Crippen molar-refractivity contribution in [1.29, 1.82) is 0 Å². The third-order valence-electron chi connectivity index (χ3n) is 3.56. The highest BCUT2D eigenvalue weighted by atomic mass is 32.2. The van der Waals surface area contributed by atoms with Crippen molar-refractivity contribution in [3.63, 3.8) is 0 Å². The van der Waals surface area contributed by atoms with Crippen LogP contribution in [0.1, 0.15) is 31.7 Å². The van der Waals surface area contributed by atoms with E-state index in [-0.39, 0.29) is 6.04 Å². The van der Waals surface area contributed by atoms with Gasteiger partial charge in [-0.1, -0.05) is 17.7 Å². The van der Waals surface area contributed by atoms with E-state index in [1.54, 1.807) is 23.4 Å². The number of aryl methyl sites for hydroxylation is 1. The highest BCUT2D eigenvalue weighted by Gasteiger charge is 2.35. The number of aliphatic hydroxyl groups excluding tert-OH is 1. The number of aliphatic hydroxyl groups is 1. The summed E-state index contributed by atoms with van der Waals surface area (Å²) in [6, 6.07) is 6.86. The van der Waals surface area contributed by atoms with Crippen LogP contribution in [0.15, 0.2) is 29.2 Å². The third-order valence-corrected chi connectivity index (χ3v) is 5.53. The number of nitrogens with zero attached hydrogens (tertiary/aromatic N) is 1. The Kier molecular flexibility index (Phi) is 4.28. The molecular formula is C14H21NO3S. The van der Waals surface area contributed by atoms with Crippen LogP contribution in [0.2, 0.25) is 0 Å². The smallest absolute Gasteiger partial charge is 0.243 e. The van der Waals surface area contributed by atoms with Gasteiger partial charge in [-0.15, -0.1) is 0 Å². The second kappa shape index (κ2) is 5.61. The van der Waals surface area contributed by atoms with Crippen LogP contribution in [-0.4, -0.2) is 36.5 Å². The second-order valence-electron chi connectivity index (χ2n) is 5.31. The van der Waals surface area contributed by atoms with Gasteiger partial charge in [0.25, 0.3) is 0 Å². The van der Waals surface area contributed by atoms with Gasteiger partial charge in [-0.2, -0.15) is 4.31 Å². The van der Waals surface area contributed by atoms with Crippen molar-refractivity contribution in [2.75, 3.05) is 6.54 Å². The van der Waals surface area contributed by atoms with E-state index in [4.69, 9.17) is 0 Å². The molecule has 0 aromatic heterocycles. The van der Waals surface area contributed by atoms with Gasteiger partial charge in [0.1, 0.15) is 0 Å². The molecule has 0 amide bonds. The molecule has 0 bridgehead atoms. The molecule has 19 heavy (non-hydrogen) atoms. The fraction of sp³-hybridized carbons (Fsp3) is 0.571. The predicted molar refractivity (Wildman–Crippen MR) is 74.4 cm³/mol. The van der Waals surface area contributed by atoms with E-state index in [2.05, 4.69) is 0 Å². The van der Waals surface area contributed by atoms with Crippen molar-refractivity contribution in [3.05, 3.63) is 29.8 Å². The van der Waals surface area contributed by atoms with Gasteiger partial charge in [0.2, 0.25) is 10.0 Å². The molecule has 2 rings (SSSR count). The van der Waals surface area contributed by atoms with E-state index in [1.165, 1.54) is 0 Å². The summed E-state index contributed by atoms with van der Waals surface area (Å²) < 4.78 is 26.7. The first kappa shape index (κ1) is 14.5. The maximum atomic E-state index is 12.6. The number of hydrogen-bond donors (Lipinski definition) is 1. The molecule has 1 N–H and O–H groups in total. The van der Waals surface area contributed by atoms with Crippen LogP contribution < -0.4 is 0 Å². The van der Waals surface area contributed by atoms with E-state index in [1.807, 2.05) is 19.1 Å². The molecule has 106 valence electrons. The average Bonchev–Trinajstić information content (AvgIpc) is 2.77. The van der Waals surface area contributed by atoms with Crippen molar-refractivity contribution in [1.82, 2.24) is 4.31 Å². The zero-order chi connectivity index (χ0) is 14.0. The van der Waals surface area contributed by atoms with Gasteiger partial charge in [0.15, 0.2) is 0 Å². The molecule has 1 aliphatic heterocycles. The maximum absolute atomic E-state index is 12.6. The second-order valence-corrected chi connectivity index (χ2v) is 7.20. The number of rotatable bonds is 4. The summed E-state index contributed by atoms with van der Waals surface area (Å²) in [5.74, 6) is 0. The molecule has 1 aliphatic rings. The molecule has 1 fully saturated rings. The van der Waals surface area contributed by atoms with Crippen molar-refractivity contribution < 1.29 is 13.5 Å². The van der Waals surface area contributed by atoms with Crippen LogP contribution >= 0.6 is 0 Å². The Morgan fingerprint density at radius 2 is 2.00 bits per heavy atom. The first-order valence-electron chi connectivity index (χ1n) is 6.68. The van der Waals surface area contributed by atoms with Crippen LogP contribution in [0.25, 0.3) is 0 Å². The van der Waals surface area contributed by atoms with Crippen LogP contribution in [0.3, 0.4) is 0 Å². The van der Waals surface area contributed by atoms with Gasteiger partial charge in [-0.05, 0) is 45.2 Å². The standard InChI is InChI=1S/C14H21NO3S/c1-11-5-7-14(8-6-11)19(17,18)15-9-3-4-13(15)10-12(2)16/h5-8,12-13,16H,3-4,9-10H2,1-2H3/t12-,13+/m1/s1. The van der Waals surface area contributed by atoms with Gasteiger partial charge < -0.3 is 5.11 Å². The van der Waals surface area contributed by atoms with Gasteiger partial charge in [-0.25, -0.2) is 8.42 Å². The molecule has 1 aromatic carbocycles. The van der Waals surface area contributed by atoms with Crippen molar-refractivity contribution in [2.24, 2.45) is 0 Å². The molecule has 1 saturated heterocycles. The number of benzene rings is 1. The molecule has 4 nitrogen and oxygen atoms in total. The molecule has 1 heterocycles. The molecule has 0 spiro atoms. The molecule has 5 heteroatoms. The Balaban J connectivity index is 2.25. The third kappa shape index (κ3) is 3.16. The van der Waals surface area contributed by atoms with E-state index < -0.39 is 16.1 Å². The summed E-state index contributed by atoms with van der Waals surface area (Å²) >= 11 is 0. The Bertz CT molecular complexity index is 522. The minimum Gasteiger partial charge on any atom is -0.393 e. The molecule has 0 unspecified atom stereocenters. The topological polar surface area (TPSA) is 57.6 Å². The molecule has 0 radical (unpaired) electrons. The maximum Gasteiger partial charge on any atom is 0.243 e. The van der Waals surface area contributed by atoms with Gasteiger partial charge in [0.05, 0.1) is 11.0 Å².